The summed E-state index contributed by atoms with van der Waals surface area (Å²) in [6, 6.07) is -0.957. The van der Waals surface area contributed by atoms with E-state index >= 15 is 0 Å². The van der Waals surface area contributed by atoms with Crippen molar-refractivity contribution in [3.63, 3.8) is 0 Å². The van der Waals surface area contributed by atoms with Gasteiger partial charge in [-0.25, -0.2) is 14.8 Å². The van der Waals surface area contributed by atoms with Crippen molar-refractivity contribution >= 4 is 75.1 Å². The number of esters is 2. The Morgan fingerprint density at radius 2 is 2.00 bits per heavy atom. The molecule has 3 N–H and O–H groups in total. The monoisotopic (exact) mass is 620 g/mol. The maximum atomic E-state index is 13.3. The molecular weight excluding hydrogens is 593 g/mol. The van der Waals surface area contributed by atoms with Crippen LogP contribution in [-0.4, -0.2) is 75.4 Å². The highest BCUT2D eigenvalue weighted by atomic mass is 32.2. The molecule has 16 heteroatoms. The number of nitrogens with zero attached hydrogens (tertiary/aromatic N) is 4. The van der Waals surface area contributed by atoms with E-state index in [4.69, 9.17) is 20.0 Å². The van der Waals surface area contributed by atoms with Crippen molar-refractivity contribution in [3.05, 3.63) is 44.5 Å². The summed E-state index contributed by atoms with van der Waals surface area (Å²) in [5.41, 5.74) is 8.03. The van der Waals surface area contributed by atoms with Gasteiger partial charge in [0, 0.05) is 16.0 Å². The van der Waals surface area contributed by atoms with Crippen LogP contribution in [-0.2, 0) is 33.5 Å². The van der Waals surface area contributed by atoms with E-state index in [2.05, 4.69) is 20.4 Å². The van der Waals surface area contributed by atoms with Crippen molar-refractivity contribution in [1.29, 1.82) is 0 Å². The lowest BCUT2D eigenvalue weighted by Crippen LogP contribution is -2.71. The van der Waals surface area contributed by atoms with Crippen molar-refractivity contribution < 1.29 is 33.5 Å². The third-order valence-electron chi connectivity index (χ3n) is 5.85. The predicted molar refractivity (Wildman–Crippen MR) is 155 cm³/mol. The first-order valence-electron chi connectivity index (χ1n) is 12.2. The number of nitrogen functional groups attached to an aromatic ring is 1. The van der Waals surface area contributed by atoms with Crippen molar-refractivity contribution in [3.8, 4) is 0 Å². The fraction of sp³-hybridized carbons (Fsp3) is 0.400. The van der Waals surface area contributed by atoms with Gasteiger partial charge in [0.2, 0.25) is 6.79 Å². The largest absolute Gasteiger partial charge is 0.427 e. The van der Waals surface area contributed by atoms with Gasteiger partial charge in [-0.05, 0) is 39.3 Å². The Morgan fingerprint density at radius 1 is 1.24 bits per heavy atom. The Balaban J connectivity index is 1.55. The summed E-state index contributed by atoms with van der Waals surface area (Å²) >= 11 is 3.92. The summed E-state index contributed by atoms with van der Waals surface area (Å²) in [4.78, 5) is 67.0. The fourth-order valence-corrected chi connectivity index (χ4v) is 6.29. The summed E-state index contributed by atoms with van der Waals surface area (Å²) in [5, 5.41) is 7.59. The first-order chi connectivity index (χ1) is 19.4. The summed E-state index contributed by atoms with van der Waals surface area (Å²) in [6.07, 6.45) is 3.55. The van der Waals surface area contributed by atoms with Crippen LogP contribution in [0.3, 0.4) is 0 Å². The molecule has 4 heterocycles. The first-order valence-corrected chi connectivity index (χ1v) is 15.0. The molecule has 2 aromatic heterocycles. The molecule has 0 saturated carbocycles. The third kappa shape index (κ3) is 6.60. The molecular formula is C25H28N6O7S3. The van der Waals surface area contributed by atoms with Gasteiger partial charge >= 0.3 is 11.9 Å². The molecule has 41 heavy (non-hydrogen) atoms. The minimum Gasteiger partial charge on any atom is -0.427 e. The number of nitrogens with two attached hydrogens (primary N) is 1. The fourth-order valence-electron chi connectivity index (χ4n) is 3.73. The number of amides is 2. The number of thioether (sulfide) groups is 1. The number of anilines is 1. The van der Waals surface area contributed by atoms with Crippen LogP contribution in [0.2, 0.25) is 0 Å². The summed E-state index contributed by atoms with van der Waals surface area (Å²) in [6.45, 7) is 6.27. The quantitative estimate of drug-likeness (QED) is 0.138. The van der Waals surface area contributed by atoms with Crippen LogP contribution >= 0.6 is 34.4 Å². The zero-order chi connectivity index (χ0) is 29.9. The zero-order valence-corrected chi connectivity index (χ0v) is 25.3. The summed E-state index contributed by atoms with van der Waals surface area (Å²) < 4.78 is 10.3. The number of aryl methyl sites for hydroxylation is 1. The van der Waals surface area contributed by atoms with Crippen molar-refractivity contribution in [2.75, 3.05) is 25.4 Å². The van der Waals surface area contributed by atoms with Crippen LogP contribution in [0.4, 0.5) is 5.13 Å². The lowest BCUT2D eigenvalue weighted by atomic mass is 9.98. The molecule has 0 spiro atoms. The number of aromatic nitrogens is 2. The topological polar surface area (TPSA) is 175 Å². The van der Waals surface area contributed by atoms with E-state index in [-0.39, 0.29) is 22.2 Å². The molecule has 0 bridgehead atoms. The number of allylic oxidation sites excluding steroid dienone is 1. The lowest BCUT2D eigenvalue weighted by Gasteiger charge is -2.49. The van der Waals surface area contributed by atoms with Gasteiger partial charge in [-0.3, -0.25) is 19.3 Å². The molecule has 2 aromatic rings. The molecule has 1 unspecified atom stereocenters. The van der Waals surface area contributed by atoms with E-state index in [0.717, 1.165) is 21.9 Å². The van der Waals surface area contributed by atoms with Crippen LogP contribution in [0.15, 0.2) is 33.4 Å². The summed E-state index contributed by atoms with van der Waals surface area (Å²) in [5.74, 6) is -2.26. The Kier molecular flexibility index (Phi) is 9.14. The van der Waals surface area contributed by atoms with Crippen LogP contribution in [0.5, 0.6) is 0 Å². The van der Waals surface area contributed by atoms with Gasteiger partial charge in [-0.1, -0.05) is 11.2 Å². The smallest absolute Gasteiger partial charge is 0.358 e. The number of fused-ring (bicyclic) bond motifs is 1. The lowest BCUT2D eigenvalue weighted by molar-refractivity contribution is -0.173. The van der Waals surface area contributed by atoms with E-state index in [9.17, 15) is 19.2 Å². The Bertz CT molecular complexity index is 1460. The Hall–Kier alpha value is -3.76. The SMILES string of the molecule is CO/N=C(\C(=O)NC1C(=O)N2C(C(=O)OCOC(=O)C(C)(C)C)=C(/C=C\c3scnc3C)CS[C@H]12)c1csc(N)n1. The summed E-state index contributed by atoms with van der Waals surface area (Å²) in [7, 11) is 1.28. The van der Waals surface area contributed by atoms with Gasteiger partial charge in [0.15, 0.2) is 10.8 Å². The van der Waals surface area contributed by atoms with Gasteiger partial charge in [-0.2, -0.15) is 0 Å². The van der Waals surface area contributed by atoms with Crippen molar-refractivity contribution in [2.45, 2.75) is 39.1 Å². The zero-order valence-electron chi connectivity index (χ0n) is 22.8. The Morgan fingerprint density at radius 3 is 2.61 bits per heavy atom. The molecule has 2 aliphatic heterocycles. The van der Waals surface area contributed by atoms with E-state index in [0.29, 0.717) is 11.3 Å². The molecule has 1 saturated heterocycles. The highest BCUT2D eigenvalue weighted by Gasteiger charge is 2.54. The number of hydrogen-bond donors (Lipinski definition) is 2. The average Bonchev–Trinajstić information content (AvgIpc) is 3.54. The highest BCUT2D eigenvalue weighted by molar-refractivity contribution is 8.00. The van der Waals surface area contributed by atoms with Gasteiger partial charge in [-0.15, -0.1) is 34.4 Å². The second-order valence-electron chi connectivity index (χ2n) is 9.80. The molecule has 2 atom stereocenters. The first kappa shape index (κ1) is 30.2. The number of rotatable bonds is 9. The van der Waals surface area contributed by atoms with Crippen LogP contribution in [0, 0.1) is 12.3 Å². The average molecular weight is 621 g/mol. The predicted octanol–water partition coefficient (Wildman–Crippen LogP) is 2.30. The van der Waals surface area contributed by atoms with E-state index < -0.39 is 47.4 Å². The number of ether oxygens (including phenoxy) is 2. The van der Waals surface area contributed by atoms with Gasteiger partial charge in [0.25, 0.3) is 11.8 Å². The Labute approximate surface area is 247 Å². The number of carbonyl (C=O) groups is 4. The molecule has 218 valence electrons. The molecule has 4 rings (SSSR count). The minimum absolute atomic E-state index is 0.00697. The molecule has 0 aromatic carbocycles. The highest BCUT2D eigenvalue weighted by Crippen LogP contribution is 2.41. The maximum absolute atomic E-state index is 13.3. The molecule has 2 aliphatic rings. The van der Waals surface area contributed by atoms with Crippen LogP contribution in [0.1, 0.15) is 37.0 Å². The maximum Gasteiger partial charge on any atom is 0.358 e. The van der Waals surface area contributed by atoms with Gasteiger partial charge in [0.1, 0.15) is 29.9 Å². The number of hydrogen-bond acceptors (Lipinski definition) is 14. The van der Waals surface area contributed by atoms with E-state index in [1.807, 2.05) is 13.0 Å². The standard InChI is InChI=1S/C25H28N6O7S3/c1-12-15(41-10-27-12)7-6-13-8-39-21-17(29-19(32)16(30-36-5)14-9-40-24(26)28-14)20(33)31(21)18(13)22(34)37-11-38-23(35)25(2,3)4/h6-7,9-10,17,21H,8,11H2,1-5H3,(H2,26,28)(H,29,32)/b7-6-,30-16-/t17?,21-/m1/s1. The van der Waals surface area contributed by atoms with Crippen molar-refractivity contribution in [1.82, 2.24) is 20.2 Å². The number of thiazole rings is 2. The second kappa shape index (κ2) is 12.4. The molecule has 13 nitrogen and oxygen atoms in total. The molecule has 0 radical (unpaired) electrons. The second-order valence-corrected chi connectivity index (χ2v) is 12.7. The third-order valence-corrected chi connectivity index (χ3v) is 8.72. The van der Waals surface area contributed by atoms with Gasteiger partial charge in [0.05, 0.1) is 16.6 Å². The number of β-lactam (4-membered cyclic amide) rings is 1. The number of carbonyl (C=O) groups excluding carboxylic acids is 4. The normalized spacial score (nSPS) is 19.1. The molecule has 2 amide bonds. The number of oxime groups is 1. The molecule has 0 aliphatic carbocycles. The molecule has 1 fully saturated rings. The minimum atomic E-state index is -0.957. The van der Waals surface area contributed by atoms with Crippen molar-refractivity contribution in [2.24, 2.45) is 10.6 Å². The van der Waals surface area contributed by atoms with Gasteiger partial charge < -0.3 is 25.4 Å². The van der Waals surface area contributed by atoms with E-state index in [1.165, 1.54) is 35.1 Å². The van der Waals surface area contributed by atoms with Crippen LogP contribution < -0.4 is 11.1 Å². The van der Waals surface area contributed by atoms with Crippen LogP contribution in [0.25, 0.3) is 6.08 Å². The number of nitrogens with one attached hydrogen (secondary N) is 1. The van der Waals surface area contributed by atoms with E-state index in [1.54, 1.807) is 37.7 Å².